The molecular formula is C23H32ClNO3. The molecule has 1 saturated carbocycles. The quantitative estimate of drug-likeness (QED) is 0.658. The average molecular weight is 406 g/mol. The predicted molar refractivity (Wildman–Crippen MR) is 113 cm³/mol. The SMILES string of the molecule is CC(=O)c1cc(C2CCOCC2)n2cccc(Cl)c12.CC1CCCC(C)(O)C1. The van der Waals surface area contributed by atoms with E-state index in [0.717, 1.165) is 50.3 Å². The maximum Gasteiger partial charge on any atom is 0.162 e. The van der Waals surface area contributed by atoms with Crippen LogP contribution in [0.4, 0.5) is 0 Å². The van der Waals surface area contributed by atoms with Gasteiger partial charge in [0.1, 0.15) is 0 Å². The van der Waals surface area contributed by atoms with Gasteiger partial charge in [0.15, 0.2) is 5.78 Å². The van der Waals surface area contributed by atoms with Crippen molar-refractivity contribution >= 4 is 22.9 Å². The van der Waals surface area contributed by atoms with E-state index in [4.69, 9.17) is 16.3 Å². The number of aromatic nitrogens is 1. The molecule has 2 aromatic rings. The number of hydrogen-bond acceptors (Lipinski definition) is 3. The molecule has 2 aliphatic rings. The fraction of sp³-hybridized carbons (Fsp3) is 0.609. The molecule has 0 bridgehead atoms. The van der Waals surface area contributed by atoms with Gasteiger partial charge in [0, 0.05) is 36.6 Å². The predicted octanol–water partition coefficient (Wildman–Crippen LogP) is 5.64. The number of fused-ring (bicyclic) bond motifs is 1. The van der Waals surface area contributed by atoms with Crippen LogP contribution in [-0.2, 0) is 4.74 Å². The van der Waals surface area contributed by atoms with E-state index in [1.165, 1.54) is 18.5 Å². The normalized spacial score (nSPS) is 26.0. The van der Waals surface area contributed by atoms with Crippen LogP contribution in [-0.4, -0.2) is 34.1 Å². The van der Waals surface area contributed by atoms with Gasteiger partial charge in [-0.25, -0.2) is 0 Å². The lowest BCUT2D eigenvalue weighted by Gasteiger charge is -2.31. The Morgan fingerprint density at radius 2 is 2.04 bits per heavy atom. The van der Waals surface area contributed by atoms with E-state index in [-0.39, 0.29) is 11.4 Å². The lowest BCUT2D eigenvalue weighted by Crippen LogP contribution is -2.30. The summed E-state index contributed by atoms with van der Waals surface area (Å²) in [5.41, 5.74) is 2.37. The molecule has 0 spiro atoms. The number of nitrogens with zero attached hydrogens (tertiary/aromatic N) is 1. The van der Waals surface area contributed by atoms with E-state index in [1.54, 1.807) is 6.92 Å². The molecule has 0 amide bonds. The number of hydrogen-bond donors (Lipinski definition) is 1. The molecular weight excluding hydrogens is 374 g/mol. The van der Waals surface area contributed by atoms with E-state index in [9.17, 15) is 9.90 Å². The molecule has 0 aromatic carbocycles. The Morgan fingerprint density at radius 1 is 1.32 bits per heavy atom. The van der Waals surface area contributed by atoms with Crippen molar-refractivity contribution in [1.82, 2.24) is 4.40 Å². The van der Waals surface area contributed by atoms with Crippen LogP contribution < -0.4 is 0 Å². The fourth-order valence-corrected chi connectivity index (χ4v) is 4.87. The molecule has 154 valence electrons. The Bertz CT molecular complexity index is 821. The van der Waals surface area contributed by atoms with Gasteiger partial charge in [0.25, 0.3) is 0 Å². The maximum absolute atomic E-state index is 11.8. The fourth-order valence-electron chi connectivity index (χ4n) is 4.60. The van der Waals surface area contributed by atoms with Gasteiger partial charge in [-0.2, -0.15) is 0 Å². The summed E-state index contributed by atoms with van der Waals surface area (Å²) >= 11 is 6.26. The van der Waals surface area contributed by atoms with Gasteiger partial charge in [0.05, 0.1) is 16.1 Å². The molecule has 4 rings (SSSR count). The topological polar surface area (TPSA) is 50.9 Å². The summed E-state index contributed by atoms with van der Waals surface area (Å²) in [6, 6.07) is 5.75. The van der Waals surface area contributed by atoms with Crippen molar-refractivity contribution in [3.8, 4) is 0 Å². The van der Waals surface area contributed by atoms with Gasteiger partial charge in [-0.05, 0) is 63.6 Å². The average Bonchev–Trinajstić information content (AvgIpc) is 3.03. The molecule has 2 unspecified atom stereocenters. The second-order valence-electron chi connectivity index (χ2n) is 8.70. The number of pyridine rings is 1. The molecule has 2 atom stereocenters. The summed E-state index contributed by atoms with van der Waals surface area (Å²) in [6.07, 6.45) is 8.47. The molecule has 4 nitrogen and oxygen atoms in total. The number of aliphatic hydroxyl groups is 1. The first-order valence-corrected chi connectivity index (χ1v) is 10.8. The second kappa shape index (κ2) is 8.98. The third-order valence-electron chi connectivity index (χ3n) is 5.99. The van der Waals surface area contributed by atoms with Gasteiger partial charge >= 0.3 is 0 Å². The van der Waals surface area contributed by atoms with Gasteiger partial charge in [-0.15, -0.1) is 0 Å². The molecule has 28 heavy (non-hydrogen) atoms. The summed E-state index contributed by atoms with van der Waals surface area (Å²) in [4.78, 5) is 11.8. The van der Waals surface area contributed by atoms with Gasteiger partial charge in [0.2, 0.25) is 0 Å². The minimum atomic E-state index is -0.350. The minimum absolute atomic E-state index is 0.0592. The van der Waals surface area contributed by atoms with Crippen LogP contribution in [0.25, 0.3) is 5.52 Å². The summed E-state index contributed by atoms with van der Waals surface area (Å²) in [5.74, 6) is 1.23. The summed E-state index contributed by atoms with van der Waals surface area (Å²) in [5, 5.41) is 10.2. The van der Waals surface area contributed by atoms with Gasteiger partial charge in [-0.3, -0.25) is 4.79 Å². The molecule has 1 aliphatic carbocycles. The van der Waals surface area contributed by atoms with Crippen molar-refractivity contribution in [3.05, 3.63) is 40.7 Å². The van der Waals surface area contributed by atoms with E-state index in [0.29, 0.717) is 16.5 Å². The molecule has 2 aromatic heterocycles. The standard InChI is InChI=1S/C15H16ClNO2.C8H16O/c1-10(18)12-9-14(11-4-7-19-8-5-11)17-6-2-3-13(16)15(12)17;1-7-4-3-5-8(2,9)6-7/h2-3,6,9,11H,4-5,7-8H2,1H3;7,9H,3-6H2,1-2H3. The molecule has 5 heteroatoms. The van der Waals surface area contributed by atoms with Crippen molar-refractivity contribution in [2.75, 3.05) is 13.2 Å². The number of carbonyl (C=O) groups excluding carboxylic acids is 1. The summed E-state index contributed by atoms with van der Waals surface area (Å²) in [7, 11) is 0. The zero-order valence-corrected chi connectivity index (χ0v) is 18.0. The molecule has 0 radical (unpaired) electrons. The van der Waals surface area contributed by atoms with Crippen LogP contribution in [0.2, 0.25) is 5.02 Å². The summed E-state index contributed by atoms with van der Waals surface area (Å²) < 4.78 is 7.47. The number of ketones is 1. The Labute approximate surface area is 172 Å². The molecule has 1 aliphatic heterocycles. The van der Waals surface area contributed by atoms with Crippen molar-refractivity contribution in [2.45, 2.75) is 70.8 Å². The van der Waals surface area contributed by atoms with Crippen LogP contribution in [0.3, 0.4) is 0 Å². The first-order valence-electron chi connectivity index (χ1n) is 10.4. The Morgan fingerprint density at radius 3 is 2.61 bits per heavy atom. The van der Waals surface area contributed by atoms with Crippen molar-refractivity contribution in [2.24, 2.45) is 5.92 Å². The summed E-state index contributed by atoms with van der Waals surface area (Å²) in [6.45, 7) is 7.32. The zero-order chi connectivity index (χ0) is 20.3. The highest BCUT2D eigenvalue weighted by atomic mass is 35.5. The lowest BCUT2D eigenvalue weighted by atomic mass is 9.80. The van der Waals surface area contributed by atoms with E-state index in [2.05, 4.69) is 11.3 Å². The number of halogens is 1. The van der Waals surface area contributed by atoms with E-state index >= 15 is 0 Å². The maximum atomic E-state index is 11.8. The Balaban J connectivity index is 0.000000211. The first kappa shape index (κ1) is 21.4. The molecule has 1 N–H and O–H groups in total. The Hall–Kier alpha value is -1.36. The third kappa shape index (κ3) is 4.97. The number of ether oxygens (including phenoxy) is 1. The van der Waals surface area contributed by atoms with Crippen molar-refractivity contribution < 1.29 is 14.6 Å². The number of carbonyl (C=O) groups is 1. The number of Topliss-reactive ketones (excluding diaryl/α,β-unsaturated/α-hetero) is 1. The smallest absolute Gasteiger partial charge is 0.162 e. The van der Waals surface area contributed by atoms with E-state index < -0.39 is 0 Å². The zero-order valence-electron chi connectivity index (χ0n) is 17.2. The minimum Gasteiger partial charge on any atom is -0.390 e. The van der Waals surface area contributed by atoms with Crippen molar-refractivity contribution in [3.63, 3.8) is 0 Å². The van der Waals surface area contributed by atoms with Crippen LogP contribution in [0.5, 0.6) is 0 Å². The van der Waals surface area contributed by atoms with Crippen LogP contribution in [0.1, 0.15) is 81.3 Å². The molecule has 3 heterocycles. The van der Waals surface area contributed by atoms with Crippen molar-refractivity contribution in [1.29, 1.82) is 0 Å². The monoisotopic (exact) mass is 405 g/mol. The molecule has 1 saturated heterocycles. The van der Waals surface area contributed by atoms with Crippen LogP contribution in [0.15, 0.2) is 24.4 Å². The highest BCUT2D eigenvalue weighted by molar-refractivity contribution is 6.34. The van der Waals surface area contributed by atoms with Gasteiger partial charge in [-0.1, -0.05) is 31.4 Å². The van der Waals surface area contributed by atoms with E-state index in [1.807, 2.05) is 31.3 Å². The van der Waals surface area contributed by atoms with Gasteiger partial charge < -0.3 is 14.2 Å². The highest BCUT2D eigenvalue weighted by Gasteiger charge is 2.27. The van der Waals surface area contributed by atoms with Crippen LogP contribution in [0, 0.1) is 5.92 Å². The van der Waals surface area contributed by atoms with Crippen LogP contribution >= 0.6 is 11.6 Å². The Kier molecular flexibility index (Phi) is 6.85. The molecule has 2 fully saturated rings. The first-order chi connectivity index (χ1) is 13.3. The lowest BCUT2D eigenvalue weighted by molar-refractivity contribution is 0.00460. The largest absolute Gasteiger partial charge is 0.390 e. The second-order valence-corrected chi connectivity index (χ2v) is 9.11. The third-order valence-corrected chi connectivity index (χ3v) is 6.29. The number of rotatable bonds is 2. The highest BCUT2D eigenvalue weighted by Crippen LogP contribution is 2.33.